The molecule has 0 saturated heterocycles. The van der Waals surface area contributed by atoms with Crippen molar-refractivity contribution in [3.05, 3.63) is 48.6 Å². The van der Waals surface area contributed by atoms with Crippen LogP contribution in [0.2, 0.25) is 0 Å². The van der Waals surface area contributed by atoms with Crippen LogP contribution in [0, 0.1) is 0 Å². The molecule has 0 aromatic carbocycles. The van der Waals surface area contributed by atoms with Gasteiger partial charge in [0.15, 0.2) is 0 Å². The van der Waals surface area contributed by atoms with E-state index in [-0.39, 0.29) is 0 Å². The van der Waals surface area contributed by atoms with Crippen LogP contribution in [0.3, 0.4) is 0 Å². The van der Waals surface area contributed by atoms with Crippen molar-refractivity contribution in [2.75, 3.05) is 0 Å². The van der Waals surface area contributed by atoms with Crippen LogP contribution in [0.25, 0.3) is 0 Å². The van der Waals surface area contributed by atoms with Crippen molar-refractivity contribution in [2.45, 2.75) is 122 Å². The van der Waals surface area contributed by atoms with E-state index in [0.29, 0.717) is 12.8 Å². The molecule has 4 heteroatoms. The van der Waals surface area contributed by atoms with E-state index >= 15 is 0 Å². The van der Waals surface area contributed by atoms with Crippen LogP contribution in [0.5, 0.6) is 0 Å². The Bertz CT molecular complexity index is 522. The summed E-state index contributed by atoms with van der Waals surface area (Å²) in [6, 6.07) is 0. The fourth-order valence-corrected chi connectivity index (χ4v) is 3.54. The van der Waals surface area contributed by atoms with Gasteiger partial charge in [-0.1, -0.05) is 100.0 Å². The predicted octanol–water partition coefficient (Wildman–Crippen LogP) is 8.79. The van der Waals surface area contributed by atoms with Crippen molar-refractivity contribution in [3.8, 4) is 0 Å². The summed E-state index contributed by atoms with van der Waals surface area (Å²) in [6.07, 6.45) is 37.2. The maximum Gasteiger partial charge on any atom is 0.303 e. The average Bonchev–Trinajstić information content (AvgIpc) is 2.78. The Morgan fingerprint density at radius 2 is 0.667 bits per heavy atom. The Labute approximate surface area is 202 Å². The molecular weight excluding hydrogens is 412 g/mol. The monoisotopic (exact) mass is 460 g/mol. The highest BCUT2D eigenvalue weighted by atomic mass is 16.4. The molecule has 0 amide bonds. The van der Waals surface area contributed by atoms with Crippen molar-refractivity contribution in [2.24, 2.45) is 0 Å². The molecule has 0 fully saturated rings. The Kier molecular flexibility index (Phi) is 24.5. The first-order chi connectivity index (χ1) is 16.1. The Hall–Kier alpha value is -2.10. The summed E-state index contributed by atoms with van der Waals surface area (Å²) in [6.45, 7) is 0. The third-order valence-electron chi connectivity index (χ3n) is 5.51. The third kappa shape index (κ3) is 29.9. The molecule has 0 atom stereocenters. The molecule has 4 nitrogen and oxygen atoms in total. The van der Waals surface area contributed by atoms with Gasteiger partial charge in [0, 0.05) is 12.8 Å². The van der Waals surface area contributed by atoms with Gasteiger partial charge in [-0.3, -0.25) is 9.59 Å². The largest absolute Gasteiger partial charge is 0.481 e. The number of hydrogen-bond acceptors (Lipinski definition) is 2. The number of carbonyl (C=O) groups is 2. The summed E-state index contributed by atoms with van der Waals surface area (Å²) in [5, 5.41) is 17.2. The zero-order chi connectivity index (χ0) is 24.2. The predicted molar refractivity (Wildman–Crippen MR) is 140 cm³/mol. The van der Waals surface area contributed by atoms with Crippen LogP contribution in [-0.4, -0.2) is 22.2 Å². The van der Waals surface area contributed by atoms with E-state index in [4.69, 9.17) is 10.2 Å². The molecule has 0 aliphatic heterocycles. The van der Waals surface area contributed by atoms with E-state index in [1.807, 2.05) is 0 Å². The number of hydrogen-bond donors (Lipinski definition) is 2. The van der Waals surface area contributed by atoms with Gasteiger partial charge < -0.3 is 10.2 Å². The highest BCUT2D eigenvalue weighted by Crippen LogP contribution is 2.10. The van der Waals surface area contributed by atoms with Gasteiger partial charge in [0.05, 0.1) is 0 Å². The first-order valence-corrected chi connectivity index (χ1v) is 13.2. The normalized spacial score (nSPS) is 12.1. The minimum absolute atomic E-state index is 0.310. The minimum atomic E-state index is -0.680. The van der Waals surface area contributed by atoms with E-state index in [9.17, 15) is 9.59 Å². The lowest BCUT2D eigenvalue weighted by Gasteiger charge is -1.99. The SMILES string of the molecule is O=C(O)CCCCCCCC/C=C/C/C=C/C/C=C/C/C=C/CCCCCCCCC(=O)O. The molecule has 0 heterocycles. The number of aliphatic carboxylic acids is 2. The maximum atomic E-state index is 10.4. The van der Waals surface area contributed by atoms with E-state index in [1.54, 1.807) is 0 Å². The highest BCUT2D eigenvalue weighted by molar-refractivity contribution is 5.66. The second-order valence-electron chi connectivity index (χ2n) is 8.70. The lowest BCUT2D eigenvalue weighted by atomic mass is 10.1. The summed E-state index contributed by atoms with van der Waals surface area (Å²) in [5.41, 5.74) is 0. The van der Waals surface area contributed by atoms with Gasteiger partial charge in [-0.15, -0.1) is 0 Å². The molecule has 2 N–H and O–H groups in total. The number of carboxylic acids is 2. The van der Waals surface area contributed by atoms with Gasteiger partial charge in [-0.05, 0) is 57.8 Å². The molecule has 0 bridgehead atoms. The van der Waals surface area contributed by atoms with Gasteiger partial charge in [0.1, 0.15) is 0 Å². The molecule has 0 radical (unpaired) electrons. The summed E-state index contributed by atoms with van der Waals surface area (Å²) in [4.78, 5) is 20.8. The molecular formula is C29H48O4. The summed E-state index contributed by atoms with van der Waals surface area (Å²) in [7, 11) is 0. The topological polar surface area (TPSA) is 74.6 Å². The molecule has 0 aliphatic carbocycles. The molecule has 0 unspecified atom stereocenters. The molecule has 0 saturated carbocycles. The number of rotatable bonds is 24. The van der Waals surface area contributed by atoms with E-state index in [0.717, 1.165) is 70.6 Å². The molecule has 33 heavy (non-hydrogen) atoms. The average molecular weight is 461 g/mol. The smallest absolute Gasteiger partial charge is 0.303 e. The summed E-state index contributed by atoms with van der Waals surface area (Å²) >= 11 is 0. The van der Waals surface area contributed by atoms with Gasteiger partial charge >= 0.3 is 11.9 Å². The molecule has 0 aromatic rings. The van der Waals surface area contributed by atoms with Crippen LogP contribution >= 0.6 is 0 Å². The van der Waals surface area contributed by atoms with Crippen molar-refractivity contribution in [3.63, 3.8) is 0 Å². The van der Waals surface area contributed by atoms with Crippen molar-refractivity contribution in [1.82, 2.24) is 0 Å². The Morgan fingerprint density at radius 1 is 0.394 bits per heavy atom. The van der Waals surface area contributed by atoms with Gasteiger partial charge in [0.2, 0.25) is 0 Å². The van der Waals surface area contributed by atoms with Gasteiger partial charge in [0.25, 0.3) is 0 Å². The van der Waals surface area contributed by atoms with E-state index in [2.05, 4.69) is 48.6 Å². The molecule has 0 rings (SSSR count). The molecule has 0 aromatic heterocycles. The van der Waals surface area contributed by atoms with Crippen LogP contribution < -0.4 is 0 Å². The fourth-order valence-electron chi connectivity index (χ4n) is 3.54. The number of allylic oxidation sites excluding steroid dienone is 8. The van der Waals surface area contributed by atoms with Gasteiger partial charge in [-0.2, -0.15) is 0 Å². The first kappa shape index (κ1) is 30.9. The van der Waals surface area contributed by atoms with E-state index < -0.39 is 11.9 Å². The summed E-state index contributed by atoms with van der Waals surface area (Å²) < 4.78 is 0. The Morgan fingerprint density at radius 3 is 1.00 bits per heavy atom. The lowest BCUT2D eigenvalue weighted by Crippen LogP contribution is -1.93. The lowest BCUT2D eigenvalue weighted by molar-refractivity contribution is -0.138. The summed E-state index contributed by atoms with van der Waals surface area (Å²) in [5.74, 6) is -1.36. The first-order valence-electron chi connectivity index (χ1n) is 13.2. The number of carboxylic acid groups (broad SMARTS) is 2. The van der Waals surface area contributed by atoms with Crippen LogP contribution in [0.1, 0.15) is 122 Å². The van der Waals surface area contributed by atoms with Crippen molar-refractivity contribution in [1.29, 1.82) is 0 Å². The zero-order valence-electron chi connectivity index (χ0n) is 20.8. The Balaban J connectivity index is 3.34. The van der Waals surface area contributed by atoms with Crippen LogP contribution in [-0.2, 0) is 9.59 Å². The van der Waals surface area contributed by atoms with Crippen molar-refractivity contribution < 1.29 is 19.8 Å². The maximum absolute atomic E-state index is 10.4. The zero-order valence-corrected chi connectivity index (χ0v) is 20.8. The third-order valence-corrected chi connectivity index (χ3v) is 5.51. The number of unbranched alkanes of at least 4 members (excludes halogenated alkanes) is 12. The quantitative estimate of drug-likeness (QED) is 0.111. The molecule has 0 aliphatic rings. The molecule has 0 spiro atoms. The molecule has 188 valence electrons. The van der Waals surface area contributed by atoms with Crippen LogP contribution in [0.4, 0.5) is 0 Å². The van der Waals surface area contributed by atoms with E-state index in [1.165, 1.54) is 38.5 Å². The van der Waals surface area contributed by atoms with Gasteiger partial charge in [-0.25, -0.2) is 0 Å². The minimum Gasteiger partial charge on any atom is -0.481 e. The van der Waals surface area contributed by atoms with Crippen LogP contribution in [0.15, 0.2) is 48.6 Å². The fraction of sp³-hybridized carbons (Fsp3) is 0.655. The van der Waals surface area contributed by atoms with Crippen molar-refractivity contribution >= 4 is 11.9 Å². The second-order valence-corrected chi connectivity index (χ2v) is 8.70. The highest BCUT2D eigenvalue weighted by Gasteiger charge is 1.97. The standard InChI is InChI=1S/C29H48O4/c30-28(31)26-24-22-20-18-16-14-12-10-8-6-4-2-1-3-5-7-9-11-13-15-17-19-21-23-25-27-29(32)33/h2-5,8-11H,1,6-7,12-27H2,(H,30,31)(H,32,33)/b4-2+,5-3+,10-8+,11-9+. The second kappa shape index (κ2) is 26.2.